The summed E-state index contributed by atoms with van der Waals surface area (Å²) in [5, 5.41) is 18.6. The molecule has 0 aliphatic carbocycles. The number of amides is 1. The Kier molecular flexibility index (Phi) is 5.43. The van der Waals surface area contributed by atoms with Crippen molar-refractivity contribution in [3.63, 3.8) is 0 Å². The molecule has 2 N–H and O–H groups in total. The van der Waals surface area contributed by atoms with Crippen LogP contribution in [0.1, 0.15) is 32.6 Å². The van der Waals surface area contributed by atoms with Crippen molar-refractivity contribution in [1.82, 2.24) is 15.1 Å². The Labute approximate surface area is 110 Å². The van der Waals surface area contributed by atoms with Gasteiger partial charge in [-0.05, 0) is 6.54 Å². The summed E-state index contributed by atoms with van der Waals surface area (Å²) in [4.78, 5) is 23.7. The van der Waals surface area contributed by atoms with E-state index in [1.807, 2.05) is 13.8 Å². The van der Waals surface area contributed by atoms with E-state index in [1.165, 1.54) is 4.90 Å². The number of hydrogen-bond donors (Lipinski definition) is 2. The van der Waals surface area contributed by atoms with Crippen LogP contribution in [0.25, 0.3) is 0 Å². The van der Waals surface area contributed by atoms with E-state index in [2.05, 4.69) is 15.5 Å². The number of anilines is 1. The van der Waals surface area contributed by atoms with E-state index in [-0.39, 0.29) is 30.9 Å². The van der Waals surface area contributed by atoms with Gasteiger partial charge in [0.25, 0.3) is 0 Å². The van der Waals surface area contributed by atoms with Gasteiger partial charge in [0.05, 0.1) is 13.1 Å². The van der Waals surface area contributed by atoms with Gasteiger partial charge in [-0.3, -0.25) is 19.8 Å². The molecule has 8 nitrogen and oxygen atoms in total. The second-order valence-corrected chi connectivity index (χ2v) is 4.35. The fraction of sp³-hybridized carbons (Fsp3) is 0.636. The quantitative estimate of drug-likeness (QED) is 0.744. The van der Waals surface area contributed by atoms with Gasteiger partial charge < -0.3 is 9.52 Å². The minimum atomic E-state index is -0.977. The van der Waals surface area contributed by atoms with Crippen LogP contribution >= 0.6 is 0 Å². The van der Waals surface area contributed by atoms with Crippen molar-refractivity contribution in [2.24, 2.45) is 0 Å². The second kappa shape index (κ2) is 6.83. The minimum absolute atomic E-state index is 0.0279. The number of carbonyl (C=O) groups is 2. The molecular weight excluding hydrogens is 252 g/mol. The Hall–Kier alpha value is -1.96. The number of nitrogens with one attached hydrogen (secondary N) is 1. The first-order chi connectivity index (χ1) is 8.92. The van der Waals surface area contributed by atoms with Crippen LogP contribution in [0, 0.1) is 0 Å². The van der Waals surface area contributed by atoms with Gasteiger partial charge in [-0.25, -0.2) is 0 Å². The lowest BCUT2D eigenvalue weighted by atomic mass is 10.2. The molecule has 1 rings (SSSR count). The van der Waals surface area contributed by atoms with Crippen molar-refractivity contribution in [2.45, 2.75) is 26.7 Å². The molecule has 0 bridgehead atoms. The van der Waals surface area contributed by atoms with E-state index in [0.717, 1.165) is 0 Å². The van der Waals surface area contributed by atoms with E-state index in [0.29, 0.717) is 12.4 Å². The third kappa shape index (κ3) is 5.04. The van der Waals surface area contributed by atoms with Gasteiger partial charge in [0.1, 0.15) is 0 Å². The number of aliphatic carboxylic acids is 1. The lowest BCUT2D eigenvalue weighted by molar-refractivity contribution is -0.138. The predicted molar refractivity (Wildman–Crippen MR) is 66.8 cm³/mol. The van der Waals surface area contributed by atoms with Gasteiger partial charge >= 0.3 is 12.0 Å². The lowest BCUT2D eigenvalue weighted by Gasteiger charge is -2.16. The molecule has 1 aromatic heterocycles. The Morgan fingerprint density at radius 1 is 1.37 bits per heavy atom. The maximum absolute atomic E-state index is 11.7. The molecule has 0 unspecified atom stereocenters. The average molecular weight is 270 g/mol. The zero-order valence-electron chi connectivity index (χ0n) is 11.2. The fourth-order valence-electron chi connectivity index (χ4n) is 1.35. The molecule has 0 spiro atoms. The molecule has 0 aliphatic heterocycles. The number of nitrogens with zero attached hydrogens (tertiary/aromatic N) is 3. The zero-order valence-corrected chi connectivity index (χ0v) is 11.2. The Morgan fingerprint density at radius 2 is 2.05 bits per heavy atom. The summed E-state index contributed by atoms with van der Waals surface area (Å²) >= 11 is 0. The van der Waals surface area contributed by atoms with Crippen LogP contribution in [0.3, 0.4) is 0 Å². The first-order valence-electron chi connectivity index (χ1n) is 5.99. The third-order valence-corrected chi connectivity index (χ3v) is 2.35. The number of aromatic nitrogens is 2. The monoisotopic (exact) mass is 270 g/mol. The normalized spacial score (nSPS) is 11.0. The molecule has 0 saturated carbocycles. The van der Waals surface area contributed by atoms with Crippen molar-refractivity contribution in [2.75, 3.05) is 25.0 Å². The van der Waals surface area contributed by atoms with Crippen molar-refractivity contribution in [3.8, 4) is 0 Å². The van der Waals surface area contributed by atoms with Crippen molar-refractivity contribution < 1.29 is 19.1 Å². The average Bonchev–Trinajstić information content (AvgIpc) is 2.75. The summed E-state index contributed by atoms with van der Waals surface area (Å²) in [6, 6.07) is 0.0279. The molecule has 19 heavy (non-hydrogen) atoms. The molecule has 1 amide bonds. The van der Waals surface area contributed by atoms with E-state index in [4.69, 9.17) is 9.52 Å². The van der Waals surface area contributed by atoms with Crippen molar-refractivity contribution in [3.05, 3.63) is 5.89 Å². The van der Waals surface area contributed by atoms with Gasteiger partial charge in [0.2, 0.25) is 11.8 Å². The summed E-state index contributed by atoms with van der Waals surface area (Å²) < 4.78 is 5.22. The Morgan fingerprint density at radius 3 is 2.53 bits per heavy atom. The first-order valence-corrected chi connectivity index (χ1v) is 5.99. The van der Waals surface area contributed by atoms with Crippen LogP contribution in [0.5, 0.6) is 0 Å². The molecule has 0 aliphatic rings. The van der Waals surface area contributed by atoms with Gasteiger partial charge in [0, 0.05) is 5.92 Å². The van der Waals surface area contributed by atoms with Crippen LogP contribution in [-0.2, 0) is 9.59 Å². The highest BCUT2D eigenvalue weighted by Gasteiger charge is 2.15. The van der Waals surface area contributed by atoms with Gasteiger partial charge in [-0.15, -0.1) is 5.10 Å². The highest BCUT2D eigenvalue weighted by atomic mass is 16.4. The smallest absolute Gasteiger partial charge is 0.322 e. The third-order valence-electron chi connectivity index (χ3n) is 2.35. The number of rotatable bonds is 7. The van der Waals surface area contributed by atoms with E-state index in [1.54, 1.807) is 6.92 Å². The molecule has 0 fully saturated rings. The fourth-order valence-corrected chi connectivity index (χ4v) is 1.35. The molecule has 8 heteroatoms. The number of likely N-dealkylation sites (N-methyl/N-ethyl adjacent to an activating group) is 1. The first kappa shape index (κ1) is 15.1. The predicted octanol–water partition coefficient (Wildman–Crippen LogP) is 0.538. The maximum Gasteiger partial charge on any atom is 0.322 e. The highest BCUT2D eigenvalue weighted by molar-refractivity contribution is 5.90. The van der Waals surface area contributed by atoms with Crippen LogP contribution in [0.15, 0.2) is 4.42 Å². The highest BCUT2D eigenvalue weighted by Crippen LogP contribution is 2.14. The standard InChI is InChI=1S/C11H18N4O4/c1-4-15(6-9(17)18)5-8(16)12-11-14-13-10(19-11)7(2)3/h7H,4-6H2,1-3H3,(H,17,18)(H,12,14,16). The topological polar surface area (TPSA) is 109 Å². The van der Waals surface area contributed by atoms with Gasteiger partial charge in [0.15, 0.2) is 0 Å². The summed E-state index contributed by atoms with van der Waals surface area (Å²) in [7, 11) is 0. The molecule has 1 aromatic rings. The number of hydrogen-bond acceptors (Lipinski definition) is 6. The van der Waals surface area contributed by atoms with Gasteiger partial charge in [-0.1, -0.05) is 25.9 Å². The molecule has 1 heterocycles. The summed E-state index contributed by atoms with van der Waals surface area (Å²) in [5.74, 6) is -0.845. The Bertz CT molecular complexity index is 444. The molecular formula is C11H18N4O4. The van der Waals surface area contributed by atoms with Crippen LogP contribution < -0.4 is 5.32 Å². The Balaban J connectivity index is 2.51. The molecule has 0 radical (unpaired) electrons. The zero-order chi connectivity index (χ0) is 14.4. The minimum Gasteiger partial charge on any atom is -0.480 e. The largest absolute Gasteiger partial charge is 0.480 e. The summed E-state index contributed by atoms with van der Waals surface area (Å²) in [6.07, 6.45) is 0. The molecule has 0 aromatic carbocycles. The van der Waals surface area contributed by atoms with Crippen LogP contribution in [0.4, 0.5) is 6.01 Å². The second-order valence-electron chi connectivity index (χ2n) is 4.35. The van der Waals surface area contributed by atoms with Crippen LogP contribution in [0.2, 0.25) is 0 Å². The van der Waals surface area contributed by atoms with Crippen molar-refractivity contribution in [1.29, 1.82) is 0 Å². The van der Waals surface area contributed by atoms with E-state index >= 15 is 0 Å². The summed E-state index contributed by atoms with van der Waals surface area (Å²) in [5.41, 5.74) is 0. The van der Waals surface area contributed by atoms with Crippen LogP contribution in [-0.4, -0.2) is 51.7 Å². The maximum atomic E-state index is 11.7. The number of carboxylic acids is 1. The van der Waals surface area contributed by atoms with Crippen molar-refractivity contribution >= 4 is 17.9 Å². The molecule has 0 saturated heterocycles. The molecule has 106 valence electrons. The number of carboxylic acid groups (broad SMARTS) is 1. The summed E-state index contributed by atoms with van der Waals surface area (Å²) in [6.45, 7) is 5.79. The van der Waals surface area contributed by atoms with Gasteiger partial charge in [-0.2, -0.15) is 0 Å². The van der Waals surface area contributed by atoms with E-state index < -0.39 is 5.97 Å². The lowest BCUT2D eigenvalue weighted by Crippen LogP contribution is -2.36. The number of carbonyl (C=O) groups excluding carboxylic acids is 1. The SMILES string of the molecule is CCN(CC(=O)O)CC(=O)Nc1nnc(C(C)C)o1. The van der Waals surface area contributed by atoms with E-state index in [9.17, 15) is 9.59 Å². The molecule has 0 atom stereocenters.